The zero-order valence-electron chi connectivity index (χ0n) is 31.6. The van der Waals surface area contributed by atoms with Gasteiger partial charge in [0.2, 0.25) is 21.8 Å². The quantitative estimate of drug-likeness (QED) is 0.252. The number of alkyl carbamates (subject to hydrolysis) is 1. The van der Waals surface area contributed by atoms with Crippen molar-refractivity contribution in [1.82, 2.24) is 25.2 Å². The maximum absolute atomic E-state index is 14.5. The number of benzene rings is 2. The fraction of sp³-hybridized carbons (Fsp3) is 0.537. The van der Waals surface area contributed by atoms with Crippen LogP contribution in [0, 0.1) is 5.92 Å². The molecule has 13 nitrogen and oxygen atoms in total. The average Bonchev–Trinajstić information content (AvgIpc) is 4.11. The van der Waals surface area contributed by atoms with E-state index in [1.807, 2.05) is 56.3 Å². The Kier molecular flexibility index (Phi) is 11.3. The summed E-state index contributed by atoms with van der Waals surface area (Å²) in [6.45, 7) is 4.11. The number of cyclic esters (lactones) is 1. The number of hydrogen-bond acceptors (Lipinski definition) is 9. The number of sulfonamides is 1. The number of unbranched alkanes of at least 4 members (excludes halogenated alkanes) is 1. The lowest BCUT2D eigenvalue weighted by Crippen LogP contribution is -2.58. The third-order valence-corrected chi connectivity index (χ3v) is 13.2. The fourth-order valence-corrected chi connectivity index (χ4v) is 9.29. The maximum atomic E-state index is 14.5. The Morgan fingerprint density at radius 3 is 2.56 bits per heavy atom. The maximum Gasteiger partial charge on any atom is 0.407 e. The molecule has 3 N–H and O–H groups in total. The number of amides is 4. The normalized spacial score (nSPS) is 26.0. The zero-order valence-corrected chi connectivity index (χ0v) is 32.4. The van der Waals surface area contributed by atoms with Crippen LogP contribution in [0.15, 0.2) is 54.6 Å². The highest BCUT2D eigenvalue weighted by Crippen LogP contribution is 2.47. The van der Waals surface area contributed by atoms with Crippen molar-refractivity contribution in [3.8, 4) is 17.0 Å². The highest BCUT2D eigenvalue weighted by Gasteiger charge is 2.62. The van der Waals surface area contributed by atoms with Crippen LogP contribution in [-0.4, -0.2) is 84.2 Å². The average molecular weight is 774 g/mol. The van der Waals surface area contributed by atoms with Gasteiger partial charge in [0.05, 0.1) is 29.6 Å². The van der Waals surface area contributed by atoms with E-state index in [2.05, 4.69) is 27.5 Å². The summed E-state index contributed by atoms with van der Waals surface area (Å²) in [4.78, 5) is 61.9. The molecule has 7 rings (SSSR count). The predicted molar refractivity (Wildman–Crippen MR) is 206 cm³/mol. The van der Waals surface area contributed by atoms with Crippen molar-refractivity contribution >= 4 is 44.7 Å². The molecule has 14 heteroatoms. The van der Waals surface area contributed by atoms with Crippen molar-refractivity contribution in [2.45, 2.75) is 120 Å². The Hall–Kier alpha value is -4.72. The van der Waals surface area contributed by atoms with Crippen LogP contribution in [-0.2, 0) is 35.6 Å². The summed E-state index contributed by atoms with van der Waals surface area (Å²) >= 11 is 0. The standard InChI is InChI=1S/C41H51N5O8S/c1-3-5-15-33-38(48)46-25-29(22-35(46)37(47)44-41(24-28(41)4-2)39(49)45-55(51,52)30-17-18-30)54-36-23-34(27-13-9-6-10-14-27)42-32-19-16-26(21-31(32)36)12-8-7-11-20-53-40(50)43-33/h6,9-10,13-14,16,19,21,23,28-30,33,35H,3-5,7-8,11-12,15,17-18,20,22,24-25H2,1-2H3,(H,43,50)(H,44,47)(H,45,49)/t28-,29-,33+,35+,41-/m1/s1. The van der Waals surface area contributed by atoms with Gasteiger partial charge in [0.25, 0.3) is 5.91 Å². The van der Waals surface area contributed by atoms with Crippen molar-refractivity contribution in [3.05, 3.63) is 60.2 Å². The van der Waals surface area contributed by atoms with E-state index in [0.29, 0.717) is 50.0 Å². The van der Waals surface area contributed by atoms with Crippen molar-refractivity contribution in [1.29, 1.82) is 0 Å². The number of hydrogen-bond donors (Lipinski definition) is 3. The summed E-state index contributed by atoms with van der Waals surface area (Å²) in [6, 6.07) is 15.8. The molecule has 3 aromatic rings. The molecule has 4 bridgehead atoms. The first-order valence-corrected chi connectivity index (χ1v) is 21.3. The van der Waals surface area contributed by atoms with Gasteiger partial charge in [-0.05, 0) is 75.0 Å². The van der Waals surface area contributed by atoms with E-state index >= 15 is 0 Å². The van der Waals surface area contributed by atoms with E-state index in [1.165, 1.54) is 4.90 Å². The van der Waals surface area contributed by atoms with Crippen molar-refractivity contribution in [2.75, 3.05) is 13.2 Å². The van der Waals surface area contributed by atoms with Crippen molar-refractivity contribution in [2.24, 2.45) is 5.92 Å². The molecular formula is C41H51N5O8S. The molecule has 3 heterocycles. The largest absolute Gasteiger partial charge is 0.488 e. The number of pyridine rings is 1. The topological polar surface area (TPSA) is 173 Å². The van der Waals surface area contributed by atoms with Crippen LogP contribution in [0.2, 0.25) is 0 Å². The van der Waals surface area contributed by atoms with E-state index in [0.717, 1.165) is 47.7 Å². The van der Waals surface area contributed by atoms with Crippen LogP contribution in [0.25, 0.3) is 22.2 Å². The molecule has 2 aromatic carbocycles. The number of rotatable bonds is 10. The van der Waals surface area contributed by atoms with Gasteiger partial charge < -0.3 is 25.0 Å². The molecule has 2 aliphatic heterocycles. The highest BCUT2D eigenvalue weighted by atomic mass is 32.2. The molecular weight excluding hydrogens is 723 g/mol. The number of nitrogens with zero attached hydrogens (tertiary/aromatic N) is 2. The summed E-state index contributed by atoms with van der Waals surface area (Å²) in [5, 5.41) is 5.88. The van der Waals surface area contributed by atoms with E-state index in [1.54, 1.807) is 0 Å². The van der Waals surface area contributed by atoms with Gasteiger partial charge in [-0.25, -0.2) is 18.2 Å². The SMILES string of the molecule is CCCC[C@@H]1NC(=O)OCCCCCc2ccc3nc(-c4ccccc4)cc(c3c2)O[C@@H]2C[C@@H](C(=O)N[C@]3(C(=O)NS(=O)(=O)C4CC4)C[C@H]3CC)N(C2)C1=O. The molecule has 1 saturated heterocycles. The predicted octanol–water partition coefficient (Wildman–Crippen LogP) is 5.15. The molecule has 2 saturated carbocycles. The minimum Gasteiger partial charge on any atom is -0.488 e. The van der Waals surface area contributed by atoms with E-state index < -0.39 is 62.8 Å². The number of aryl methyl sites for hydroxylation is 1. The van der Waals surface area contributed by atoms with E-state index in [-0.39, 0.29) is 31.9 Å². The summed E-state index contributed by atoms with van der Waals surface area (Å²) in [6.07, 6.45) is 5.52. The summed E-state index contributed by atoms with van der Waals surface area (Å²) < 4.78 is 40.1. The van der Waals surface area contributed by atoms with Gasteiger partial charge in [-0.2, -0.15) is 0 Å². The first-order chi connectivity index (χ1) is 26.5. The van der Waals surface area contributed by atoms with Gasteiger partial charge in [-0.15, -0.1) is 0 Å². The molecule has 4 aliphatic rings. The third-order valence-electron chi connectivity index (χ3n) is 11.4. The van der Waals surface area contributed by atoms with Crippen LogP contribution in [0.5, 0.6) is 5.75 Å². The molecule has 294 valence electrons. The number of carbonyl (C=O) groups excluding carboxylic acids is 4. The molecule has 4 amide bonds. The second kappa shape index (κ2) is 16.2. The van der Waals surface area contributed by atoms with E-state index in [4.69, 9.17) is 14.5 Å². The first-order valence-electron chi connectivity index (χ1n) is 19.8. The van der Waals surface area contributed by atoms with Crippen LogP contribution < -0.4 is 20.1 Å². The van der Waals surface area contributed by atoms with Crippen molar-refractivity contribution in [3.63, 3.8) is 0 Å². The monoisotopic (exact) mass is 773 g/mol. The lowest BCUT2D eigenvalue weighted by atomic mass is 10.0. The Morgan fingerprint density at radius 2 is 1.84 bits per heavy atom. The molecule has 0 spiro atoms. The van der Waals surface area contributed by atoms with Gasteiger partial charge in [0.1, 0.15) is 29.5 Å². The lowest BCUT2D eigenvalue weighted by Gasteiger charge is -2.29. The second-order valence-corrected chi connectivity index (χ2v) is 17.4. The Balaban J connectivity index is 1.24. The highest BCUT2D eigenvalue weighted by molar-refractivity contribution is 7.91. The second-order valence-electron chi connectivity index (χ2n) is 15.4. The molecule has 1 aromatic heterocycles. The Bertz CT molecular complexity index is 2040. The van der Waals surface area contributed by atoms with Gasteiger partial charge >= 0.3 is 6.09 Å². The number of fused-ring (bicyclic) bond motifs is 3. The molecule has 55 heavy (non-hydrogen) atoms. The summed E-state index contributed by atoms with van der Waals surface area (Å²) in [5.74, 6) is -1.48. The number of ether oxygens (including phenoxy) is 2. The minimum atomic E-state index is -3.86. The Labute approximate surface area is 322 Å². The lowest BCUT2D eigenvalue weighted by molar-refractivity contribution is -0.141. The van der Waals surface area contributed by atoms with Crippen LogP contribution in [0.1, 0.15) is 90.0 Å². The Morgan fingerprint density at radius 1 is 1.04 bits per heavy atom. The van der Waals surface area contributed by atoms with Crippen LogP contribution in [0.3, 0.4) is 0 Å². The van der Waals surface area contributed by atoms with Gasteiger partial charge in [0, 0.05) is 23.4 Å². The number of aromatic nitrogens is 1. The number of nitrogens with one attached hydrogen (secondary N) is 3. The fourth-order valence-electron chi connectivity index (χ4n) is 7.92. The first kappa shape index (κ1) is 38.6. The molecule has 3 fully saturated rings. The summed E-state index contributed by atoms with van der Waals surface area (Å²) in [7, 11) is -3.86. The molecule has 0 unspecified atom stereocenters. The third kappa shape index (κ3) is 8.58. The molecule has 2 aliphatic carbocycles. The summed E-state index contributed by atoms with van der Waals surface area (Å²) in [5.41, 5.74) is 2.06. The number of carbonyl (C=O) groups is 4. The molecule has 0 radical (unpaired) electrons. The zero-order chi connectivity index (χ0) is 38.7. The van der Waals surface area contributed by atoms with E-state index in [9.17, 15) is 27.6 Å². The smallest absolute Gasteiger partial charge is 0.407 e. The van der Waals surface area contributed by atoms with Gasteiger partial charge in [-0.3, -0.25) is 19.1 Å². The van der Waals surface area contributed by atoms with Crippen molar-refractivity contribution < 1.29 is 37.1 Å². The van der Waals surface area contributed by atoms with Gasteiger partial charge in [0.15, 0.2) is 0 Å². The van der Waals surface area contributed by atoms with Gasteiger partial charge in [-0.1, -0.05) is 69.5 Å². The van der Waals surface area contributed by atoms with Crippen LogP contribution in [0.4, 0.5) is 4.79 Å². The molecule has 5 atom stereocenters. The van der Waals surface area contributed by atoms with Crippen LogP contribution >= 0.6 is 0 Å². The minimum absolute atomic E-state index is 0.0346.